The summed E-state index contributed by atoms with van der Waals surface area (Å²) in [6, 6.07) is 0. The summed E-state index contributed by atoms with van der Waals surface area (Å²) in [7, 11) is 0. The van der Waals surface area contributed by atoms with E-state index in [2.05, 4.69) is 20.4 Å². The fourth-order valence-corrected chi connectivity index (χ4v) is 7.57. The molecule has 1 N–H and O–H groups in total. The molecule has 2 nitrogen and oxygen atoms in total. The Hall–Kier alpha value is -0.600. The number of aliphatic hydroxyl groups excluding tert-OH is 1. The number of hydrogen-bond acceptors (Lipinski definition) is 2. The van der Waals surface area contributed by atoms with Gasteiger partial charge in [0.15, 0.2) is 5.78 Å². The number of aliphatic hydroxyl groups is 1. The topological polar surface area (TPSA) is 37.3 Å². The number of alkyl halides is 1. The zero-order valence-electron chi connectivity index (χ0n) is 15.6. The van der Waals surface area contributed by atoms with Crippen LogP contribution < -0.4 is 0 Å². The summed E-state index contributed by atoms with van der Waals surface area (Å²) in [5.41, 5.74) is 2.89. The van der Waals surface area contributed by atoms with Gasteiger partial charge in [0.1, 0.15) is 6.10 Å². The molecule has 0 bridgehead atoms. The predicted molar refractivity (Wildman–Crippen MR) is 101 cm³/mol. The summed E-state index contributed by atoms with van der Waals surface area (Å²) in [5, 5.41) is 10.2. The molecule has 7 atom stereocenters. The van der Waals surface area contributed by atoms with Crippen molar-refractivity contribution in [3.8, 4) is 0 Å². The SMILES string of the molecule is C=C(CCl)[C@H]1CC[C@H]2[C@@H]3CCC4=CC(=O)C(O)C[C@]4(C)[C@H]3CC[C@]12C. The number of halogens is 1. The third kappa shape index (κ3) is 2.43. The average Bonchev–Trinajstić information content (AvgIpc) is 2.93. The number of hydrogen-bond donors (Lipinski definition) is 1. The van der Waals surface area contributed by atoms with Gasteiger partial charge in [0.2, 0.25) is 0 Å². The van der Waals surface area contributed by atoms with Crippen molar-refractivity contribution in [1.82, 2.24) is 0 Å². The van der Waals surface area contributed by atoms with Gasteiger partial charge >= 0.3 is 0 Å². The highest BCUT2D eigenvalue weighted by atomic mass is 35.5. The lowest BCUT2D eigenvalue weighted by Gasteiger charge is -2.58. The molecule has 4 aliphatic rings. The normalized spacial score (nSPS) is 49.0. The number of fused-ring (bicyclic) bond motifs is 5. The fraction of sp³-hybridized carbons (Fsp3) is 0.773. The molecule has 0 aromatic heterocycles. The second-order valence-electron chi connectivity index (χ2n) is 9.59. The summed E-state index contributed by atoms with van der Waals surface area (Å²) >= 11 is 6.14. The fourth-order valence-electron chi connectivity index (χ4n) is 7.38. The first-order valence-corrected chi connectivity index (χ1v) is 10.5. The molecule has 0 spiro atoms. The number of carbonyl (C=O) groups is 1. The lowest BCUT2D eigenvalue weighted by atomic mass is 9.46. The van der Waals surface area contributed by atoms with Crippen molar-refractivity contribution in [2.45, 2.75) is 64.9 Å². The van der Waals surface area contributed by atoms with Crippen LogP contribution in [0.4, 0.5) is 0 Å². The quantitative estimate of drug-likeness (QED) is 0.560. The molecular weight excluding hydrogens is 332 g/mol. The molecule has 0 heterocycles. The van der Waals surface area contributed by atoms with Crippen molar-refractivity contribution < 1.29 is 9.90 Å². The highest BCUT2D eigenvalue weighted by molar-refractivity contribution is 6.19. The van der Waals surface area contributed by atoms with Crippen LogP contribution in [0.25, 0.3) is 0 Å². The van der Waals surface area contributed by atoms with Gasteiger partial charge in [0.25, 0.3) is 0 Å². The molecule has 0 saturated heterocycles. The number of allylic oxidation sites excluding steroid dienone is 2. The van der Waals surface area contributed by atoms with E-state index in [-0.39, 0.29) is 11.2 Å². The summed E-state index contributed by atoms with van der Waals surface area (Å²) in [6.45, 7) is 9.08. The zero-order chi connectivity index (χ0) is 18.0. The minimum atomic E-state index is -0.798. The number of rotatable bonds is 2. The van der Waals surface area contributed by atoms with Gasteiger partial charge in [-0.15, -0.1) is 11.6 Å². The van der Waals surface area contributed by atoms with E-state index >= 15 is 0 Å². The molecule has 0 aromatic rings. The van der Waals surface area contributed by atoms with Gasteiger partial charge < -0.3 is 5.11 Å². The van der Waals surface area contributed by atoms with Crippen molar-refractivity contribution in [3.05, 3.63) is 23.8 Å². The maximum absolute atomic E-state index is 12.0. The molecule has 4 aliphatic carbocycles. The van der Waals surface area contributed by atoms with Gasteiger partial charge in [0, 0.05) is 5.88 Å². The first-order chi connectivity index (χ1) is 11.8. The summed E-state index contributed by atoms with van der Waals surface area (Å²) in [6.07, 6.45) is 8.80. The van der Waals surface area contributed by atoms with Crippen LogP contribution in [-0.4, -0.2) is 22.9 Å². The second kappa shape index (κ2) is 5.96. The Balaban J connectivity index is 1.65. The predicted octanol–water partition coefficient (Wildman–Crippen LogP) is 4.90. The maximum atomic E-state index is 12.0. The molecule has 0 radical (unpaired) electrons. The van der Waals surface area contributed by atoms with E-state index < -0.39 is 6.10 Å². The standard InChI is InChI=1S/C22H31ClO2/c1-13(12-23)16-6-7-17-15-5-4-14-10-19(24)20(25)11-22(14,3)18(15)8-9-21(16,17)2/h10,15-18,20,25H,1,4-9,11-12H2,2-3H3/t15-,16+,17-,18-,20?,21+,22-/m0/s1. The lowest BCUT2D eigenvalue weighted by molar-refractivity contribution is -0.128. The molecule has 0 aliphatic heterocycles. The smallest absolute Gasteiger partial charge is 0.184 e. The largest absolute Gasteiger partial charge is 0.385 e. The van der Waals surface area contributed by atoms with Crippen LogP contribution in [0.1, 0.15) is 58.8 Å². The first kappa shape index (κ1) is 17.8. The van der Waals surface area contributed by atoms with Crippen LogP contribution in [0.15, 0.2) is 23.8 Å². The van der Waals surface area contributed by atoms with E-state index in [1.807, 2.05) is 0 Å². The lowest BCUT2D eigenvalue weighted by Crippen LogP contribution is -2.52. The first-order valence-electron chi connectivity index (χ1n) is 9.98. The minimum Gasteiger partial charge on any atom is -0.385 e. The van der Waals surface area contributed by atoms with Crippen LogP contribution in [-0.2, 0) is 4.79 Å². The van der Waals surface area contributed by atoms with Crippen LogP contribution in [0, 0.1) is 34.5 Å². The van der Waals surface area contributed by atoms with E-state index in [1.165, 1.54) is 43.3 Å². The Bertz CT molecular complexity index is 638. The molecule has 3 fully saturated rings. The highest BCUT2D eigenvalue weighted by Crippen LogP contribution is 2.67. The Labute approximate surface area is 156 Å². The average molecular weight is 363 g/mol. The van der Waals surface area contributed by atoms with Crippen molar-refractivity contribution in [2.75, 3.05) is 5.88 Å². The van der Waals surface area contributed by atoms with Gasteiger partial charge in [-0.05, 0) is 85.5 Å². The van der Waals surface area contributed by atoms with Crippen LogP contribution >= 0.6 is 11.6 Å². The van der Waals surface area contributed by atoms with E-state index in [9.17, 15) is 9.90 Å². The van der Waals surface area contributed by atoms with E-state index in [4.69, 9.17) is 11.6 Å². The summed E-state index contributed by atoms with van der Waals surface area (Å²) in [4.78, 5) is 12.0. The molecule has 0 amide bonds. The van der Waals surface area contributed by atoms with E-state index in [0.29, 0.717) is 29.6 Å². The third-order valence-corrected chi connectivity index (χ3v) is 9.01. The van der Waals surface area contributed by atoms with Crippen molar-refractivity contribution in [3.63, 3.8) is 0 Å². The van der Waals surface area contributed by atoms with E-state index in [0.717, 1.165) is 18.3 Å². The monoisotopic (exact) mass is 362 g/mol. The third-order valence-electron chi connectivity index (χ3n) is 8.66. The maximum Gasteiger partial charge on any atom is 0.184 e. The second-order valence-corrected chi connectivity index (χ2v) is 9.86. The van der Waals surface area contributed by atoms with Crippen LogP contribution in [0.3, 0.4) is 0 Å². The van der Waals surface area contributed by atoms with Crippen LogP contribution in [0.2, 0.25) is 0 Å². The zero-order valence-corrected chi connectivity index (χ0v) is 16.3. The van der Waals surface area contributed by atoms with Crippen molar-refractivity contribution >= 4 is 17.4 Å². The Kier molecular flexibility index (Phi) is 4.24. The summed E-state index contributed by atoms with van der Waals surface area (Å²) < 4.78 is 0. The van der Waals surface area contributed by atoms with Crippen molar-refractivity contribution in [1.29, 1.82) is 0 Å². The molecule has 138 valence electrons. The minimum absolute atomic E-state index is 0.0130. The Morgan fingerprint density at radius 1 is 1.28 bits per heavy atom. The summed E-state index contributed by atoms with van der Waals surface area (Å²) in [5.74, 6) is 3.14. The van der Waals surface area contributed by atoms with Crippen molar-refractivity contribution in [2.24, 2.45) is 34.5 Å². The van der Waals surface area contributed by atoms with Gasteiger partial charge in [-0.3, -0.25) is 4.79 Å². The van der Waals surface area contributed by atoms with Gasteiger partial charge in [-0.25, -0.2) is 0 Å². The molecule has 4 rings (SSSR count). The van der Waals surface area contributed by atoms with Crippen LogP contribution in [0.5, 0.6) is 0 Å². The highest BCUT2D eigenvalue weighted by Gasteiger charge is 2.59. The Morgan fingerprint density at radius 3 is 2.76 bits per heavy atom. The van der Waals surface area contributed by atoms with Gasteiger partial charge in [-0.2, -0.15) is 0 Å². The Morgan fingerprint density at radius 2 is 2.04 bits per heavy atom. The molecule has 3 saturated carbocycles. The molecule has 1 unspecified atom stereocenters. The number of ketones is 1. The van der Waals surface area contributed by atoms with E-state index in [1.54, 1.807) is 6.08 Å². The molecule has 25 heavy (non-hydrogen) atoms. The molecule has 0 aromatic carbocycles. The van der Waals surface area contributed by atoms with Gasteiger partial charge in [-0.1, -0.05) is 31.6 Å². The number of carbonyl (C=O) groups excluding carboxylic acids is 1. The molecular formula is C22H31ClO2. The van der Waals surface area contributed by atoms with Gasteiger partial charge in [0.05, 0.1) is 0 Å². The molecule has 3 heteroatoms.